The molecule has 0 aromatic heterocycles. The van der Waals surface area contributed by atoms with Gasteiger partial charge >= 0.3 is 143 Å². The largest absolute Gasteiger partial charge is 0.478 e. The van der Waals surface area contributed by atoms with E-state index in [2.05, 4.69) is 0 Å². The first-order valence-electron chi connectivity index (χ1n) is 39.1. The molecule has 8 rings (SSSR count). The molecule has 8 aromatic carbocycles. The number of carbonyl (C=O) groups excluding carboxylic acids is 8. The Hall–Kier alpha value is -19.0. The Bertz CT molecular complexity index is 6480. The van der Waals surface area contributed by atoms with Crippen LogP contribution in [0.15, 0.2) is 146 Å². The number of esters is 8. The van der Waals surface area contributed by atoms with Crippen LogP contribution >= 0.6 is 0 Å². The number of benzene rings is 8. The molecule has 138 heavy (non-hydrogen) atoms. The summed E-state index contributed by atoms with van der Waals surface area (Å²) in [6, 6.07) is 13.2. The van der Waals surface area contributed by atoms with E-state index in [4.69, 9.17) is 37.9 Å². The van der Waals surface area contributed by atoms with Crippen molar-refractivity contribution in [2.24, 2.45) is 0 Å². The van der Waals surface area contributed by atoms with Crippen LogP contribution < -0.4 is 0 Å². The average Bonchev–Trinajstić information content (AvgIpc) is 0.806. The summed E-state index contributed by atoms with van der Waals surface area (Å²) in [4.78, 5) is 321. The summed E-state index contributed by atoms with van der Waals surface area (Å²) in [7, 11) is 0. The third kappa shape index (κ3) is 26.7. The number of aromatic carboxylic acids is 16. The fourth-order valence-electron chi connectivity index (χ4n) is 13.7. The van der Waals surface area contributed by atoms with Crippen molar-refractivity contribution < 1.29 is 235 Å². The Morgan fingerprint density at radius 2 is 0.341 bits per heavy atom. The first-order chi connectivity index (χ1) is 64.5. The maximum atomic E-state index is 15.4. The third-order valence-electron chi connectivity index (χ3n) is 20.0. The van der Waals surface area contributed by atoms with E-state index in [0.29, 0.717) is 133 Å². The Balaban J connectivity index is 1.46. The summed E-state index contributed by atoms with van der Waals surface area (Å²) < 4.78 is 47.1. The van der Waals surface area contributed by atoms with E-state index in [1.807, 2.05) is 0 Å². The van der Waals surface area contributed by atoms with Crippen molar-refractivity contribution in [2.45, 2.75) is 114 Å². The quantitative estimate of drug-likeness (QED) is 0.0125. The van der Waals surface area contributed by atoms with Gasteiger partial charge in [-0.15, -0.1) is 0 Å². The minimum atomic E-state index is -2.67. The number of carboxylic acid groups (broad SMARTS) is 16. The molecule has 0 aliphatic carbocycles. The number of hydrogen-bond donors (Lipinski definition) is 16. The van der Waals surface area contributed by atoms with Gasteiger partial charge in [0.2, 0.25) is 0 Å². The third-order valence-corrected chi connectivity index (χ3v) is 20.0. The second kappa shape index (κ2) is 44.3. The van der Waals surface area contributed by atoms with Gasteiger partial charge in [0.1, 0.15) is 48.3 Å². The lowest BCUT2D eigenvalue weighted by Gasteiger charge is -2.33. The summed E-state index contributed by atoms with van der Waals surface area (Å²) in [5.41, 5.74) is -26.8. The minimum Gasteiger partial charge on any atom is -0.478 e. The molecular weight excluding hydrogens is 1850 g/mol. The van der Waals surface area contributed by atoms with Gasteiger partial charge in [-0.1, -0.05) is 0 Å². The zero-order valence-corrected chi connectivity index (χ0v) is 70.6. The molecule has 48 heteroatoms. The molecule has 0 saturated carbocycles. The van der Waals surface area contributed by atoms with Crippen LogP contribution in [0, 0.1) is 0 Å². The summed E-state index contributed by atoms with van der Waals surface area (Å²) >= 11 is 0. The van der Waals surface area contributed by atoms with Gasteiger partial charge in [-0.25, -0.2) is 115 Å². The van der Waals surface area contributed by atoms with Gasteiger partial charge in [0.05, 0.1) is 134 Å². The molecule has 0 heterocycles. The van der Waals surface area contributed by atoms with Crippen LogP contribution in [0.2, 0.25) is 0 Å². The molecule has 0 amide bonds. The van der Waals surface area contributed by atoms with Crippen LogP contribution in [0.3, 0.4) is 0 Å². The van der Waals surface area contributed by atoms with Crippen LogP contribution in [0.5, 0.6) is 0 Å². The Morgan fingerprint density at radius 3 is 0.507 bits per heavy atom. The second-order valence-electron chi connectivity index (χ2n) is 30.1. The molecule has 8 aromatic rings. The van der Waals surface area contributed by atoms with E-state index in [1.54, 1.807) is 0 Å². The number of hydrogen-bond acceptors (Lipinski definition) is 32. The van der Waals surface area contributed by atoms with Crippen molar-refractivity contribution in [3.05, 3.63) is 279 Å². The van der Waals surface area contributed by atoms with E-state index >= 15 is 19.2 Å². The van der Waals surface area contributed by atoms with Gasteiger partial charge in [-0.05, 0) is 166 Å². The topological polar surface area (TPSA) is 807 Å². The predicted octanol–water partition coefficient (Wildman–Crippen LogP) is 9.12. The second-order valence-corrected chi connectivity index (χ2v) is 30.1. The van der Waals surface area contributed by atoms with Gasteiger partial charge in [-0.3, -0.25) is 0 Å². The van der Waals surface area contributed by atoms with E-state index in [-0.39, 0.29) is 0 Å². The van der Waals surface area contributed by atoms with Crippen molar-refractivity contribution in [3.63, 3.8) is 0 Å². The monoisotopic (exact) mass is 1920 g/mol. The lowest BCUT2D eigenvalue weighted by atomic mass is 9.92. The van der Waals surface area contributed by atoms with Gasteiger partial charge in [-0.2, -0.15) is 0 Å². The Kier molecular flexibility index (Phi) is 33.5. The highest BCUT2D eigenvalue weighted by atomic mass is 16.6. The predicted molar refractivity (Wildman–Crippen MR) is 445 cm³/mol. The highest BCUT2D eigenvalue weighted by Gasteiger charge is 2.42. The molecule has 16 N–H and O–H groups in total. The van der Waals surface area contributed by atoms with Crippen LogP contribution in [0.4, 0.5) is 0 Å². The maximum Gasteiger partial charge on any atom is 0.339 e. The smallest absolute Gasteiger partial charge is 0.339 e. The van der Waals surface area contributed by atoms with E-state index in [0.717, 1.165) is 32.9 Å². The van der Waals surface area contributed by atoms with Crippen molar-refractivity contribution in [1.82, 2.24) is 0 Å². The van der Waals surface area contributed by atoms with Crippen LogP contribution in [0.25, 0.3) is 0 Å². The van der Waals surface area contributed by atoms with E-state index in [9.17, 15) is 178 Å². The van der Waals surface area contributed by atoms with Gasteiger partial charge in [0.25, 0.3) is 0 Å². The zero-order chi connectivity index (χ0) is 103. The zero-order valence-electron chi connectivity index (χ0n) is 70.6. The molecule has 0 fully saturated rings. The molecule has 0 aliphatic heterocycles. The number of rotatable bonds is 46. The van der Waals surface area contributed by atoms with Gasteiger partial charge < -0.3 is 120 Å². The SMILES string of the molecule is CC(CC(CC(CC(CC(CC(CC(CC(C)(C)OC(=O)c1ccc(C(=O)O)cc1C(=O)O)OC(=O)c1ccc(C(=O)O)cc1C(=O)O)OC(=O)c1ccc(C(=O)O)cc1C(=O)O)OC(=O)c1ccc(C(=O)O)cc1C(=O)O)OC(=O)c1ccc(C(=O)O)cc1C(=O)O)OC(=O)c1ccc(C(=O)O)cc1C(=O)O)OC(=O)c1ccc(C(=O)O)cc1C(=O)O)OC(=O)c1ccc(C(=O)O)cc1C(=O)O. The fourth-order valence-corrected chi connectivity index (χ4v) is 13.7. The number of carbonyl (C=O) groups is 24. The fraction of sp³-hybridized carbons (Fsp3) is 0.200. The summed E-state index contributed by atoms with van der Waals surface area (Å²) in [6.07, 6.45) is -26.8. The Morgan fingerprint density at radius 1 is 0.196 bits per heavy atom. The molecule has 0 bridgehead atoms. The summed E-state index contributed by atoms with van der Waals surface area (Å²) in [5, 5.41) is 163. The van der Waals surface area contributed by atoms with E-state index in [1.165, 1.54) is 0 Å². The van der Waals surface area contributed by atoms with Crippen molar-refractivity contribution in [2.75, 3.05) is 0 Å². The molecule has 0 aliphatic rings. The molecule has 0 radical (unpaired) electrons. The van der Waals surface area contributed by atoms with Crippen molar-refractivity contribution >= 4 is 143 Å². The highest BCUT2D eigenvalue weighted by molar-refractivity contribution is 6.11. The first kappa shape index (κ1) is 104. The first-order valence-corrected chi connectivity index (χ1v) is 39.1. The number of ether oxygens (including phenoxy) is 8. The van der Waals surface area contributed by atoms with Crippen LogP contribution in [0.1, 0.15) is 314 Å². The molecule has 7 unspecified atom stereocenters. The Labute approximate surface area is 768 Å². The lowest BCUT2D eigenvalue weighted by Crippen LogP contribution is -2.39. The molecule has 0 spiro atoms. The maximum absolute atomic E-state index is 15.4. The van der Waals surface area contributed by atoms with Gasteiger partial charge in [0, 0.05) is 44.9 Å². The summed E-state index contributed by atoms with van der Waals surface area (Å²) in [5.74, 6) is -45.8. The van der Waals surface area contributed by atoms with Crippen molar-refractivity contribution in [1.29, 1.82) is 0 Å². The minimum absolute atomic E-state index is 0.372. The van der Waals surface area contributed by atoms with Crippen LogP contribution in [-0.4, -0.2) is 273 Å². The normalized spacial score (nSPS) is 12.5. The lowest BCUT2D eigenvalue weighted by molar-refractivity contribution is -0.0539. The standard InChI is InChI=1S/C90H70O48/c1-35(131-82(123)50-12-4-36(66(91)92)21-58(50)74(107)108)20-44(132-83(124)51-13-5-37(67(93)94)22-59(51)75(109)110)29-45(133-84(125)52-14-6-38(68(95)96)23-60(52)76(111)112)30-46(134-85(126)53-15-7-39(69(97)98)24-61(53)77(113)114)31-47(135-86(127)54-16-8-40(70(99)100)25-62(54)78(115)116)32-48(136-87(128)55-17-9-41(71(101)102)26-63(55)79(117)118)33-49(137-88(129)56-18-10-42(72(103)104)27-64(56)80(119)120)34-90(2,3)138-89(130)57-19-11-43(73(105)106)28-65(57)81(121)122/h4-19,21-28,35,44-49H,20,29-34H2,1-3H3,(H,91,92)(H,93,94)(H,95,96)(H,97,98)(H,99,100)(H,101,102)(H,103,104)(H,105,106)(H,107,108)(H,109,110)(H,111,112)(H,113,114)(H,115,116)(H,117,118)(H,119,120)(H,121,122). The molecule has 48 nitrogen and oxygen atoms in total. The summed E-state index contributed by atoms with van der Waals surface area (Å²) in [6.45, 7) is 2.89. The molecular formula is C90H70O48. The molecule has 7 atom stereocenters. The number of carboxylic acids is 16. The van der Waals surface area contributed by atoms with E-state index < -0.39 is 370 Å². The average molecular weight is 1920 g/mol. The molecule has 718 valence electrons. The van der Waals surface area contributed by atoms with Crippen molar-refractivity contribution in [3.8, 4) is 0 Å². The van der Waals surface area contributed by atoms with Crippen LogP contribution in [-0.2, 0) is 37.9 Å². The molecule has 0 saturated heterocycles. The van der Waals surface area contributed by atoms with Gasteiger partial charge in [0.15, 0.2) is 0 Å². The highest BCUT2D eigenvalue weighted by Crippen LogP contribution is 2.35.